The van der Waals surface area contributed by atoms with Crippen LogP contribution in [-0.4, -0.2) is 9.55 Å². The molecule has 1 heterocycles. The Morgan fingerprint density at radius 2 is 1.80 bits per heavy atom. The molecule has 1 aromatic heterocycles. The normalized spacial score (nSPS) is 13.2. The lowest BCUT2D eigenvalue weighted by atomic mass is 9.81. The van der Waals surface area contributed by atoms with Gasteiger partial charge in [0.15, 0.2) is 0 Å². The minimum atomic E-state index is -0.0106. The summed E-state index contributed by atoms with van der Waals surface area (Å²) in [5.41, 5.74) is 3.77. The summed E-state index contributed by atoms with van der Waals surface area (Å²) in [6.45, 7) is 13.5. The molecular weight excluding hydrogens is 268 g/mol. The molecule has 0 N–H and O–H groups in total. The maximum absolute atomic E-state index is 6.15. The van der Waals surface area contributed by atoms with E-state index in [0.717, 1.165) is 17.8 Å². The van der Waals surface area contributed by atoms with Crippen LogP contribution in [0.1, 0.15) is 52.4 Å². The molecule has 0 radical (unpaired) electrons. The van der Waals surface area contributed by atoms with Crippen LogP contribution < -0.4 is 0 Å². The molecule has 0 aliphatic carbocycles. The molecule has 3 heteroatoms. The molecule has 0 aliphatic rings. The van der Waals surface area contributed by atoms with Gasteiger partial charge in [-0.25, -0.2) is 4.98 Å². The lowest BCUT2D eigenvalue weighted by Gasteiger charge is -2.35. The molecule has 0 fully saturated rings. The molecule has 2 rings (SSSR count). The van der Waals surface area contributed by atoms with Crippen molar-refractivity contribution in [1.29, 1.82) is 0 Å². The SMILES string of the molecule is Cc1cccc2nc(CCl)n(C(C)(C)CC(C)(C)C)c12. The predicted molar refractivity (Wildman–Crippen MR) is 87.4 cm³/mol. The van der Waals surface area contributed by atoms with Gasteiger partial charge in [0.2, 0.25) is 0 Å². The van der Waals surface area contributed by atoms with Crippen molar-refractivity contribution < 1.29 is 0 Å². The minimum absolute atomic E-state index is 0.0106. The molecule has 0 saturated heterocycles. The van der Waals surface area contributed by atoms with Crippen molar-refractivity contribution in [2.24, 2.45) is 5.41 Å². The quantitative estimate of drug-likeness (QED) is 0.706. The molecule has 0 bridgehead atoms. The first-order chi connectivity index (χ1) is 9.15. The summed E-state index contributed by atoms with van der Waals surface area (Å²) in [6, 6.07) is 6.28. The number of imidazole rings is 1. The van der Waals surface area contributed by atoms with Crippen LogP contribution in [-0.2, 0) is 11.4 Å². The largest absolute Gasteiger partial charge is 0.321 e. The van der Waals surface area contributed by atoms with Crippen LogP contribution >= 0.6 is 11.6 Å². The second-order valence-corrected chi connectivity index (χ2v) is 7.76. The predicted octanol–water partition coefficient (Wildman–Crippen LogP) is 5.25. The molecule has 2 aromatic rings. The van der Waals surface area contributed by atoms with Gasteiger partial charge in [0, 0.05) is 5.54 Å². The summed E-state index contributed by atoms with van der Waals surface area (Å²) in [5.74, 6) is 1.41. The Kier molecular flexibility index (Phi) is 3.90. The molecule has 0 amide bonds. The zero-order valence-corrected chi connectivity index (χ0v) is 14.2. The number of hydrogen-bond acceptors (Lipinski definition) is 1. The highest BCUT2D eigenvalue weighted by Gasteiger charge is 2.30. The van der Waals surface area contributed by atoms with Crippen molar-refractivity contribution in [2.75, 3.05) is 0 Å². The van der Waals surface area contributed by atoms with E-state index in [4.69, 9.17) is 16.6 Å². The molecule has 0 spiro atoms. The third-order valence-electron chi connectivity index (χ3n) is 3.64. The molecule has 0 aliphatic heterocycles. The standard InChI is InChI=1S/C17H25ClN2/c1-12-8-7-9-13-15(12)20(14(10-18)19-13)17(5,6)11-16(2,3)4/h7-9H,10-11H2,1-6H3. The molecular formula is C17H25ClN2. The van der Waals surface area contributed by atoms with E-state index < -0.39 is 0 Å². The molecule has 2 nitrogen and oxygen atoms in total. The number of fused-ring (bicyclic) bond motifs is 1. The van der Waals surface area contributed by atoms with Crippen molar-refractivity contribution in [3.8, 4) is 0 Å². The average molecular weight is 293 g/mol. The van der Waals surface area contributed by atoms with Crippen LogP contribution in [0.3, 0.4) is 0 Å². The lowest BCUT2D eigenvalue weighted by molar-refractivity contribution is 0.216. The zero-order valence-electron chi connectivity index (χ0n) is 13.4. The minimum Gasteiger partial charge on any atom is -0.321 e. The topological polar surface area (TPSA) is 17.8 Å². The number of halogens is 1. The third kappa shape index (κ3) is 2.85. The fourth-order valence-electron chi connectivity index (χ4n) is 3.46. The van der Waals surface area contributed by atoms with E-state index in [9.17, 15) is 0 Å². The molecule has 0 saturated carbocycles. The van der Waals surface area contributed by atoms with Crippen molar-refractivity contribution in [3.63, 3.8) is 0 Å². The first-order valence-corrected chi connectivity index (χ1v) is 7.72. The second kappa shape index (κ2) is 5.07. The average Bonchev–Trinajstić information content (AvgIpc) is 2.66. The van der Waals surface area contributed by atoms with E-state index in [0.29, 0.717) is 5.88 Å². The number of nitrogens with zero attached hydrogens (tertiary/aromatic N) is 2. The molecule has 20 heavy (non-hydrogen) atoms. The van der Waals surface area contributed by atoms with Crippen molar-refractivity contribution in [2.45, 2.75) is 59.4 Å². The lowest BCUT2D eigenvalue weighted by Crippen LogP contribution is -2.32. The van der Waals surface area contributed by atoms with E-state index in [1.807, 2.05) is 0 Å². The smallest absolute Gasteiger partial charge is 0.125 e. The number of alkyl halides is 1. The number of benzene rings is 1. The Morgan fingerprint density at radius 3 is 2.35 bits per heavy atom. The van der Waals surface area contributed by atoms with E-state index in [2.05, 4.69) is 64.3 Å². The van der Waals surface area contributed by atoms with Gasteiger partial charge in [-0.1, -0.05) is 32.9 Å². The zero-order chi connectivity index (χ0) is 15.1. The molecule has 1 aromatic carbocycles. The summed E-state index contributed by atoms with van der Waals surface area (Å²) in [5, 5.41) is 0. The van der Waals surface area contributed by atoms with E-state index in [1.165, 1.54) is 11.1 Å². The van der Waals surface area contributed by atoms with E-state index in [-0.39, 0.29) is 11.0 Å². The number of para-hydroxylation sites is 1. The maximum atomic E-state index is 6.15. The highest BCUT2D eigenvalue weighted by Crippen LogP contribution is 2.36. The van der Waals surface area contributed by atoms with Gasteiger partial charge >= 0.3 is 0 Å². The third-order valence-corrected chi connectivity index (χ3v) is 3.87. The molecule has 0 unspecified atom stereocenters. The number of hydrogen-bond donors (Lipinski definition) is 0. The van der Waals surface area contributed by atoms with Crippen LogP contribution in [0.25, 0.3) is 11.0 Å². The first kappa shape index (κ1) is 15.4. The van der Waals surface area contributed by atoms with Gasteiger partial charge < -0.3 is 4.57 Å². The van der Waals surface area contributed by atoms with Crippen molar-refractivity contribution >= 4 is 22.6 Å². The fraction of sp³-hybridized carbons (Fsp3) is 0.588. The van der Waals surface area contributed by atoms with E-state index >= 15 is 0 Å². The summed E-state index contributed by atoms with van der Waals surface area (Å²) >= 11 is 6.15. The highest BCUT2D eigenvalue weighted by atomic mass is 35.5. The highest BCUT2D eigenvalue weighted by molar-refractivity contribution is 6.16. The van der Waals surface area contributed by atoms with Gasteiger partial charge in [-0.3, -0.25) is 0 Å². The molecule has 0 atom stereocenters. The number of aromatic nitrogens is 2. The number of aryl methyl sites for hydroxylation is 1. The van der Waals surface area contributed by atoms with Crippen molar-refractivity contribution in [3.05, 3.63) is 29.6 Å². The second-order valence-electron chi connectivity index (χ2n) is 7.49. The van der Waals surface area contributed by atoms with Crippen molar-refractivity contribution in [1.82, 2.24) is 9.55 Å². The van der Waals surface area contributed by atoms with Crippen LogP contribution in [0.4, 0.5) is 0 Å². The van der Waals surface area contributed by atoms with Gasteiger partial charge in [0.1, 0.15) is 5.82 Å². The monoisotopic (exact) mass is 292 g/mol. The number of rotatable bonds is 3. The summed E-state index contributed by atoms with van der Waals surface area (Å²) in [4.78, 5) is 4.72. The summed E-state index contributed by atoms with van der Waals surface area (Å²) < 4.78 is 2.34. The van der Waals surface area contributed by atoms with Crippen LogP contribution in [0, 0.1) is 12.3 Å². The Labute approximate surface area is 127 Å². The van der Waals surface area contributed by atoms with Gasteiger partial charge in [-0.2, -0.15) is 0 Å². The first-order valence-electron chi connectivity index (χ1n) is 7.19. The Hall–Kier alpha value is -1.02. The summed E-state index contributed by atoms with van der Waals surface area (Å²) in [7, 11) is 0. The Morgan fingerprint density at radius 1 is 1.15 bits per heavy atom. The summed E-state index contributed by atoms with van der Waals surface area (Å²) in [6.07, 6.45) is 1.07. The van der Waals surface area contributed by atoms with Gasteiger partial charge in [0.25, 0.3) is 0 Å². The Bertz CT molecular complexity index is 618. The van der Waals surface area contributed by atoms with E-state index in [1.54, 1.807) is 0 Å². The van der Waals surface area contributed by atoms with Crippen LogP contribution in [0.2, 0.25) is 0 Å². The van der Waals surface area contributed by atoms with Crippen LogP contribution in [0.5, 0.6) is 0 Å². The van der Waals surface area contributed by atoms with Gasteiger partial charge in [-0.05, 0) is 44.2 Å². The van der Waals surface area contributed by atoms with Gasteiger partial charge in [0.05, 0.1) is 16.9 Å². The Balaban J connectivity index is 2.68. The maximum Gasteiger partial charge on any atom is 0.125 e. The van der Waals surface area contributed by atoms with Gasteiger partial charge in [-0.15, -0.1) is 11.6 Å². The molecule has 110 valence electrons. The fourth-order valence-corrected chi connectivity index (χ4v) is 3.64. The van der Waals surface area contributed by atoms with Crippen LogP contribution in [0.15, 0.2) is 18.2 Å².